The zero-order valence-corrected chi connectivity index (χ0v) is 19.3. The second-order valence-electron chi connectivity index (χ2n) is 7.65. The molecule has 0 N–H and O–H groups in total. The molecule has 3 aromatic carbocycles. The van der Waals surface area contributed by atoms with Crippen molar-refractivity contribution in [2.24, 2.45) is 0 Å². The number of hydrogen-bond donors (Lipinski definition) is 0. The van der Waals surface area contributed by atoms with Gasteiger partial charge in [0, 0.05) is 20.1 Å². The third-order valence-corrected chi connectivity index (χ3v) is 6.31. The molecule has 0 saturated heterocycles. The van der Waals surface area contributed by atoms with E-state index in [1.54, 1.807) is 36.1 Å². The van der Waals surface area contributed by atoms with Crippen LogP contribution in [0.2, 0.25) is 0 Å². The predicted octanol–water partition coefficient (Wildman–Crippen LogP) is 4.08. The first-order valence-electron chi connectivity index (χ1n) is 10.3. The fraction of sp³-hybridized carbons (Fsp3) is 0.240. The lowest BCUT2D eigenvalue weighted by Crippen LogP contribution is -2.39. The molecule has 0 saturated carbocycles. The molecule has 0 bridgehead atoms. The van der Waals surface area contributed by atoms with Crippen molar-refractivity contribution in [3.8, 4) is 5.75 Å². The standard InChI is InChI=1S/C25H28N2O4S/c1-20(31-24-16-14-23(15-17-24)26(2)32(3,29)30)25(28)27(18-21-10-6-4-7-11-21)19-22-12-8-5-9-13-22/h4-17,20H,18-19H2,1-3H3. The minimum Gasteiger partial charge on any atom is -0.481 e. The van der Waals surface area contributed by atoms with Gasteiger partial charge in [-0.1, -0.05) is 60.7 Å². The van der Waals surface area contributed by atoms with Crippen molar-refractivity contribution < 1.29 is 17.9 Å². The van der Waals surface area contributed by atoms with Crippen LogP contribution in [0.4, 0.5) is 5.69 Å². The minimum atomic E-state index is -3.34. The Kier molecular flexibility index (Phi) is 7.53. The lowest BCUT2D eigenvalue weighted by molar-refractivity contribution is -0.139. The Morgan fingerprint density at radius 2 is 1.31 bits per heavy atom. The van der Waals surface area contributed by atoms with E-state index in [-0.39, 0.29) is 5.91 Å². The molecule has 0 aliphatic rings. The number of rotatable bonds is 9. The summed E-state index contributed by atoms with van der Waals surface area (Å²) in [5.74, 6) is 0.367. The molecule has 1 unspecified atom stereocenters. The molecule has 3 aromatic rings. The highest BCUT2D eigenvalue weighted by atomic mass is 32.2. The van der Waals surface area contributed by atoms with Crippen LogP contribution in [0, 0.1) is 0 Å². The molecule has 0 spiro atoms. The van der Waals surface area contributed by atoms with Crippen molar-refractivity contribution in [1.29, 1.82) is 0 Å². The zero-order chi connectivity index (χ0) is 23.1. The Labute approximate surface area is 190 Å². The number of benzene rings is 3. The second kappa shape index (κ2) is 10.3. The first-order valence-corrected chi connectivity index (χ1v) is 12.2. The summed E-state index contributed by atoms with van der Waals surface area (Å²) in [5, 5.41) is 0. The average molecular weight is 453 g/mol. The number of carbonyl (C=O) groups is 1. The van der Waals surface area contributed by atoms with Gasteiger partial charge in [0.15, 0.2) is 6.10 Å². The third-order valence-electron chi connectivity index (χ3n) is 5.10. The van der Waals surface area contributed by atoms with Crippen molar-refractivity contribution in [2.75, 3.05) is 17.6 Å². The molecule has 1 atom stereocenters. The van der Waals surface area contributed by atoms with Gasteiger partial charge in [-0.15, -0.1) is 0 Å². The quantitative estimate of drug-likeness (QED) is 0.491. The highest BCUT2D eigenvalue weighted by molar-refractivity contribution is 7.92. The van der Waals surface area contributed by atoms with Crippen LogP contribution >= 0.6 is 0 Å². The van der Waals surface area contributed by atoms with Crippen LogP contribution in [0.3, 0.4) is 0 Å². The van der Waals surface area contributed by atoms with Crippen molar-refractivity contribution in [2.45, 2.75) is 26.1 Å². The normalized spacial score (nSPS) is 12.1. The van der Waals surface area contributed by atoms with Gasteiger partial charge in [0.2, 0.25) is 10.0 Å². The maximum Gasteiger partial charge on any atom is 0.263 e. The van der Waals surface area contributed by atoms with E-state index in [1.807, 2.05) is 60.7 Å². The summed E-state index contributed by atoms with van der Waals surface area (Å²) in [6, 6.07) is 26.3. The first kappa shape index (κ1) is 23.3. The van der Waals surface area contributed by atoms with Gasteiger partial charge in [-0.05, 0) is 42.3 Å². The SMILES string of the molecule is CC(Oc1ccc(N(C)S(C)(=O)=O)cc1)C(=O)N(Cc1ccccc1)Cc1ccccc1. The van der Waals surface area contributed by atoms with Gasteiger partial charge in [0.25, 0.3) is 5.91 Å². The van der Waals surface area contributed by atoms with E-state index in [2.05, 4.69) is 0 Å². The molecule has 3 rings (SSSR count). The number of hydrogen-bond acceptors (Lipinski definition) is 4. The molecule has 0 radical (unpaired) electrons. The van der Waals surface area contributed by atoms with Crippen LogP contribution in [0.15, 0.2) is 84.9 Å². The van der Waals surface area contributed by atoms with E-state index in [0.717, 1.165) is 17.4 Å². The summed E-state index contributed by atoms with van der Waals surface area (Å²) in [4.78, 5) is 15.1. The topological polar surface area (TPSA) is 66.9 Å². The average Bonchev–Trinajstić information content (AvgIpc) is 2.79. The highest BCUT2D eigenvalue weighted by Crippen LogP contribution is 2.22. The monoisotopic (exact) mass is 452 g/mol. The van der Waals surface area contributed by atoms with Gasteiger partial charge in [0.05, 0.1) is 11.9 Å². The molecule has 7 heteroatoms. The molecule has 0 fully saturated rings. The van der Waals surface area contributed by atoms with Crippen LogP contribution in [0.1, 0.15) is 18.1 Å². The van der Waals surface area contributed by atoms with Gasteiger partial charge in [-0.25, -0.2) is 8.42 Å². The van der Waals surface area contributed by atoms with E-state index in [4.69, 9.17) is 4.74 Å². The van der Waals surface area contributed by atoms with Crippen LogP contribution < -0.4 is 9.04 Å². The van der Waals surface area contributed by atoms with Crippen LogP contribution in [0.25, 0.3) is 0 Å². The second-order valence-corrected chi connectivity index (χ2v) is 9.66. The minimum absolute atomic E-state index is 0.130. The van der Waals surface area contributed by atoms with Crippen molar-refractivity contribution >= 4 is 21.6 Å². The van der Waals surface area contributed by atoms with Gasteiger partial charge in [0.1, 0.15) is 5.75 Å². The summed E-state index contributed by atoms with van der Waals surface area (Å²) in [6.07, 6.45) is 0.438. The van der Waals surface area contributed by atoms with E-state index in [1.165, 1.54) is 11.4 Å². The van der Waals surface area contributed by atoms with Crippen LogP contribution in [-0.4, -0.2) is 38.6 Å². The molecule has 168 valence electrons. The Hall–Kier alpha value is -3.32. The molecule has 0 aliphatic carbocycles. The molecule has 0 aromatic heterocycles. The Morgan fingerprint density at radius 1 is 0.844 bits per heavy atom. The summed E-state index contributed by atoms with van der Waals surface area (Å²) in [6.45, 7) is 2.67. The Morgan fingerprint density at radius 3 is 1.75 bits per heavy atom. The van der Waals surface area contributed by atoms with Gasteiger partial charge in [-0.2, -0.15) is 0 Å². The maximum absolute atomic E-state index is 13.3. The van der Waals surface area contributed by atoms with E-state index < -0.39 is 16.1 Å². The summed E-state index contributed by atoms with van der Waals surface area (Å²) in [5.41, 5.74) is 2.60. The third kappa shape index (κ3) is 6.34. The predicted molar refractivity (Wildman–Crippen MR) is 127 cm³/mol. The summed E-state index contributed by atoms with van der Waals surface area (Å²) in [7, 11) is -1.86. The largest absolute Gasteiger partial charge is 0.481 e. The van der Waals surface area contributed by atoms with Gasteiger partial charge in [-0.3, -0.25) is 9.10 Å². The Balaban J connectivity index is 1.73. The first-order chi connectivity index (χ1) is 15.2. The number of nitrogens with zero attached hydrogens (tertiary/aromatic N) is 2. The maximum atomic E-state index is 13.3. The summed E-state index contributed by atoms with van der Waals surface area (Å²) >= 11 is 0. The van der Waals surface area contributed by atoms with Crippen LogP contribution in [-0.2, 0) is 27.9 Å². The highest BCUT2D eigenvalue weighted by Gasteiger charge is 2.23. The molecule has 0 heterocycles. The van der Waals surface area contributed by atoms with Crippen molar-refractivity contribution in [3.05, 3.63) is 96.1 Å². The number of ether oxygens (including phenoxy) is 1. The fourth-order valence-corrected chi connectivity index (χ4v) is 3.76. The van der Waals surface area contributed by atoms with E-state index in [9.17, 15) is 13.2 Å². The molecule has 0 aliphatic heterocycles. The van der Waals surface area contributed by atoms with Gasteiger partial charge < -0.3 is 9.64 Å². The number of anilines is 1. The Bertz CT molecular complexity index is 1080. The lowest BCUT2D eigenvalue weighted by atomic mass is 10.1. The van der Waals surface area contributed by atoms with Crippen molar-refractivity contribution in [1.82, 2.24) is 4.90 Å². The van der Waals surface area contributed by atoms with Gasteiger partial charge >= 0.3 is 0 Å². The van der Waals surface area contributed by atoms with Crippen LogP contribution in [0.5, 0.6) is 5.75 Å². The summed E-state index contributed by atoms with van der Waals surface area (Å²) < 4.78 is 30.5. The smallest absolute Gasteiger partial charge is 0.263 e. The van der Waals surface area contributed by atoms with E-state index in [0.29, 0.717) is 24.5 Å². The molecular weight excluding hydrogens is 424 g/mol. The number of sulfonamides is 1. The molecule has 6 nitrogen and oxygen atoms in total. The molecule has 1 amide bonds. The number of carbonyl (C=O) groups excluding carboxylic acids is 1. The molecular formula is C25H28N2O4S. The van der Waals surface area contributed by atoms with E-state index >= 15 is 0 Å². The zero-order valence-electron chi connectivity index (χ0n) is 18.5. The fourth-order valence-electron chi connectivity index (χ4n) is 3.26. The van der Waals surface area contributed by atoms with Crippen molar-refractivity contribution in [3.63, 3.8) is 0 Å². The lowest BCUT2D eigenvalue weighted by Gasteiger charge is -2.26. The molecule has 32 heavy (non-hydrogen) atoms. The number of amides is 1.